The molecule has 0 atom stereocenters. The number of rotatable bonds is 7. The number of unbranched alkanes of at least 4 members (excludes halogenated alkanes) is 1. The molecule has 0 amide bonds. The van der Waals surface area contributed by atoms with Crippen molar-refractivity contribution in [3.63, 3.8) is 0 Å². The fourth-order valence-corrected chi connectivity index (χ4v) is 3.73. The zero-order valence-corrected chi connectivity index (χ0v) is 11.7. The standard InChI is InChI=1S/C10H12F3NO4S2/c11-10(12,13)4-1-2-5-14-20(17,18)7-3-6-19-8(7)9(15)16/h3,6,14H,1-2,4-5H2,(H,15,16). The largest absolute Gasteiger partial charge is 0.477 e. The second-order valence-corrected chi connectivity index (χ2v) is 6.54. The van der Waals surface area contributed by atoms with Crippen molar-refractivity contribution >= 4 is 27.3 Å². The van der Waals surface area contributed by atoms with Gasteiger partial charge in [0.05, 0.1) is 0 Å². The van der Waals surface area contributed by atoms with Crippen LogP contribution < -0.4 is 4.72 Å². The first-order valence-electron chi connectivity index (χ1n) is 5.51. The molecule has 0 aliphatic carbocycles. The number of carboxylic acids is 1. The SMILES string of the molecule is O=C(O)c1sccc1S(=O)(=O)NCCCCC(F)(F)F. The van der Waals surface area contributed by atoms with Gasteiger partial charge >= 0.3 is 12.1 Å². The Balaban J connectivity index is 2.54. The van der Waals surface area contributed by atoms with E-state index in [1.165, 1.54) is 5.38 Å². The van der Waals surface area contributed by atoms with Crippen molar-refractivity contribution < 1.29 is 31.5 Å². The summed E-state index contributed by atoms with van der Waals surface area (Å²) in [7, 11) is -4.01. The van der Waals surface area contributed by atoms with E-state index in [-0.39, 0.29) is 29.2 Å². The van der Waals surface area contributed by atoms with Crippen LogP contribution in [0.2, 0.25) is 0 Å². The van der Waals surface area contributed by atoms with Gasteiger partial charge in [0.25, 0.3) is 0 Å². The lowest BCUT2D eigenvalue weighted by Crippen LogP contribution is -2.26. The van der Waals surface area contributed by atoms with Gasteiger partial charge in [-0.05, 0) is 24.3 Å². The van der Waals surface area contributed by atoms with Crippen LogP contribution >= 0.6 is 11.3 Å². The lowest BCUT2D eigenvalue weighted by Gasteiger charge is -2.07. The maximum atomic E-state index is 11.9. The van der Waals surface area contributed by atoms with Crippen LogP contribution in [0, 0.1) is 0 Å². The van der Waals surface area contributed by atoms with Crippen molar-refractivity contribution in [2.24, 2.45) is 0 Å². The number of carboxylic acid groups (broad SMARTS) is 1. The number of thiophene rings is 1. The number of alkyl halides is 3. The molecule has 1 aromatic rings. The highest BCUT2D eigenvalue weighted by Crippen LogP contribution is 2.23. The quantitative estimate of drug-likeness (QED) is 0.752. The minimum Gasteiger partial charge on any atom is -0.477 e. The molecule has 0 radical (unpaired) electrons. The molecule has 1 rings (SSSR count). The fourth-order valence-electron chi connectivity index (χ4n) is 1.40. The molecular weight excluding hydrogens is 319 g/mol. The third-order valence-corrected chi connectivity index (χ3v) is 4.83. The molecule has 0 spiro atoms. The molecule has 0 saturated carbocycles. The van der Waals surface area contributed by atoms with Crippen LogP contribution in [0.5, 0.6) is 0 Å². The van der Waals surface area contributed by atoms with Gasteiger partial charge in [-0.3, -0.25) is 0 Å². The van der Waals surface area contributed by atoms with Crippen molar-refractivity contribution in [2.45, 2.75) is 30.3 Å². The summed E-state index contributed by atoms with van der Waals surface area (Å²) in [5.74, 6) is -1.36. The normalized spacial score (nSPS) is 12.6. The number of sulfonamides is 1. The van der Waals surface area contributed by atoms with E-state index in [1.807, 2.05) is 0 Å². The highest BCUT2D eigenvalue weighted by molar-refractivity contribution is 7.89. The zero-order valence-electron chi connectivity index (χ0n) is 10.1. The van der Waals surface area contributed by atoms with Gasteiger partial charge in [0.1, 0.15) is 9.77 Å². The van der Waals surface area contributed by atoms with Gasteiger partial charge in [0.2, 0.25) is 10.0 Å². The van der Waals surface area contributed by atoms with Crippen LogP contribution in [0.4, 0.5) is 13.2 Å². The van der Waals surface area contributed by atoms with Crippen molar-refractivity contribution in [2.75, 3.05) is 6.54 Å². The lowest BCUT2D eigenvalue weighted by atomic mass is 10.2. The summed E-state index contributed by atoms with van der Waals surface area (Å²) in [5, 5.41) is 10.1. The third-order valence-electron chi connectivity index (χ3n) is 2.29. The maximum absolute atomic E-state index is 11.9. The maximum Gasteiger partial charge on any atom is 0.389 e. The van der Waals surface area contributed by atoms with Gasteiger partial charge in [-0.15, -0.1) is 11.3 Å². The molecule has 10 heteroatoms. The first kappa shape index (κ1) is 16.9. The fraction of sp³-hybridized carbons (Fsp3) is 0.500. The van der Waals surface area contributed by atoms with Crippen LogP contribution in [0.15, 0.2) is 16.3 Å². The van der Waals surface area contributed by atoms with Gasteiger partial charge in [-0.2, -0.15) is 13.2 Å². The lowest BCUT2D eigenvalue weighted by molar-refractivity contribution is -0.135. The number of nitrogens with one attached hydrogen (secondary N) is 1. The molecule has 0 fully saturated rings. The molecule has 2 N–H and O–H groups in total. The summed E-state index contributed by atoms with van der Waals surface area (Å²) in [6.07, 6.45) is -5.41. The minimum atomic E-state index is -4.26. The summed E-state index contributed by atoms with van der Waals surface area (Å²) in [6.45, 7) is -0.173. The number of aromatic carboxylic acids is 1. The predicted molar refractivity (Wildman–Crippen MR) is 66.4 cm³/mol. The minimum absolute atomic E-state index is 0.0191. The van der Waals surface area contributed by atoms with Crippen molar-refractivity contribution in [3.8, 4) is 0 Å². The highest BCUT2D eigenvalue weighted by atomic mass is 32.2. The Labute approximate surface area is 117 Å². The summed E-state index contributed by atoms with van der Waals surface area (Å²) >= 11 is 0.764. The van der Waals surface area contributed by atoms with Gasteiger partial charge in [-0.25, -0.2) is 17.9 Å². The second-order valence-electron chi connectivity index (χ2n) is 3.89. The Hall–Kier alpha value is -1.13. The molecule has 5 nitrogen and oxygen atoms in total. The third kappa shape index (κ3) is 5.10. The number of hydrogen-bond acceptors (Lipinski definition) is 4. The van der Waals surface area contributed by atoms with Gasteiger partial charge in [-0.1, -0.05) is 0 Å². The Kier molecular flexibility index (Phi) is 5.54. The molecule has 20 heavy (non-hydrogen) atoms. The van der Waals surface area contributed by atoms with Crippen LogP contribution in [0.1, 0.15) is 28.9 Å². The van der Waals surface area contributed by atoms with E-state index in [1.54, 1.807) is 0 Å². The predicted octanol–water partition coefficient (Wildman–Crippen LogP) is 2.46. The van der Waals surface area contributed by atoms with Crippen LogP contribution in [-0.2, 0) is 10.0 Å². The van der Waals surface area contributed by atoms with Crippen molar-refractivity contribution in [1.29, 1.82) is 0 Å². The number of halogens is 3. The van der Waals surface area contributed by atoms with E-state index in [0.29, 0.717) is 0 Å². The monoisotopic (exact) mass is 331 g/mol. The number of hydrogen-bond donors (Lipinski definition) is 2. The molecular formula is C10H12F3NO4S2. The Bertz CT molecular complexity index is 565. The first-order valence-corrected chi connectivity index (χ1v) is 7.87. The molecule has 1 aromatic heterocycles. The van der Waals surface area contributed by atoms with Crippen molar-refractivity contribution in [3.05, 3.63) is 16.3 Å². The van der Waals surface area contributed by atoms with E-state index in [9.17, 15) is 26.4 Å². The molecule has 0 aliphatic rings. The Morgan fingerprint density at radius 2 is 2.00 bits per heavy atom. The van der Waals surface area contributed by atoms with Gasteiger partial charge in [0, 0.05) is 13.0 Å². The Morgan fingerprint density at radius 1 is 1.35 bits per heavy atom. The summed E-state index contributed by atoms with van der Waals surface area (Å²) in [4.78, 5) is 10.1. The van der Waals surface area contributed by atoms with E-state index < -0.39 is 28.6 Å². The van der Waals surface area contributed by atoms with Crippen LogP contribution in [0.25, 0.3) is 0 Å². The van der Waals surface area contributed by atoms with Gasteiger partial charge in [0.15, 0.2) is 0 Å². The van der Waals surface area contributed by atoms with E-state index in [0.717, 1.165) is 17.4 Å². The van der Waals surface area contributed by atoms with Crippen LogP contribution in [-0.4, -0.2) is 32.2 Å². The molecule has 0 saturated heterocycles. The second kappa shape index (κ2) is 6.55. The average Bonchev–Trinajstić information content (AvgIpc) is 2.76. The zero-order chi connectivity index (χ0) is 15.4. The molecule has 0 aliphatic heterocycles. The topological polar surface area (TPSA) is 83.5 Å². The smallest absolute Gasteiger partial charge is 0.389 e. The Morgan fingerprint density at radius 3 is 2.55 bits per heavy atom. The average molecular weight is 331 g/mol. The highest BCUT2D eigenvalue weighted by Gasteiger charge is 2.26. The number of carbonyl (C=O) groups is 1. The molecule has 0 bridgehead atoms. The van der Waals surface area contributed by atoms with E-state index in [4.69, 9.17) is 5.11 Å². The molecule has 0 aromatic carbocycles. The van der Waals surface area contributed by atoms with E-state index in [2.05, 4.69) is 4.72 Å². The molecule has 114 valence electrons. The summed E-state index contributed by atoms with van der Waals surface area (Å²) < 4.78 is 61.3. The van der Waals surface area contributed by atoms with Crippen molar-refractivity contribution in [1.82, 2.24) is 4.72 Å². The van der Waals surface area contributed by atoms with Gasteiger partial charge < -0.3 is 5.11 Å². The molecule has 1 heterocycles. The first-order chi connectivity index (χ1) is 9.13. The summed E-state index contributed by atoms with van der Waals surface area (Å²) in [6, 6.07) is 1.15. The van der Waals surface area contributed by atoms with Crippen LogP contribution in [0.3, 0.4) is 0 Å². The summed E-state index contributed by atoms with van der Waals surface area (Å²) in [5.41, 5.74) is 0. The molecule has 0 unspecified atom stereocenters. The van der Waals surface area contributed by atoms with E-state index >= 15 is 0 Å².